The molecule has 2 aromatic carbocycles. The minimum Gasteiger partial charge on any atom is -0.493 e. The summed E-state index contributed by atoms with van der Waals surface area (Å²) in [7, 11) is 4.81. The number of anilines is 1. The van der Waals surface area contributed by atoms with Crippen molar-refractivity contribution in [2.24, 2.45) is 0 Å². The van der Waals surface area contributed by atoms with Crippen molar-refractivity contribution in [3.05, 3.63) is 47.5 Å². The van der Waals surface area contributed by atoms with Crippen LogP contribution in [0, 0.1) is 6.92 Å². The number of carbonyl (C=O) groups excluding carboxylic acids is 1. The molecule has 2 amide bonds. The van der Waals surface area contributed by atoms with Gasteiger partial charge in [-0.15, -0.1) is 0 Å². The fourth-order valence-corrected chi connectivity index (χ4v) is 3.51. The number of nitrogens with one attached hydrogen (secondary N) is 1. The van der Waals surface area contributed by atoms with E-state index in [4.69, 9.17) is 14.2 Å². The third-order valence-corrected chi connectivity index (χ3v) is 5.27. The van der Waals surface area contributed by atoms with Crippen molar-refractivity contribution in [1.29, 1.82) is 0 Å². The van der Waals surface area contributed by atoms with Crippen molar-refractivity contribution in [2.45, 2.75) is 13.5 Å². The van der Waals surface area contributed by atoms with Crippen molar-refractivity contribution < 1.29 is 19.0 Å². The Labute approximate surface area is 172 Å². The Kier molecular flexibility index (Phi) is 6.69. The third-order valence-electron chi connectivity index (χ3n) is 5.27. The summed E-state index contributed by atoms with van der Waals surface area (Å²) in [5, 5.41) is 3.03. The molecule has 1 fully saturated rings. The molecule has 1 aliphatic rings. The lowest BCUT2D eigenvalue weighted by atomic mass is 10.1. The second-order valence-electron chi connectivity index (χ2n) is 6.94. The number of rotatable bonds is 6. The topological polar surface area (TPSA) is 63.3 Å². The van der Waals surface area contributed by atoms with Gasteiger partial charge < -0.3 is 29.3 Å². The highest BCUT2D eigenvalue weighted by Crippen LogP contribution is 2.41. The predicted molar refractivity (Wildman–Crippen MR) is 113 cm³/mol. The van der Waals surface area contributed by atoms with E-state index in [1.807, 2.05) is 35.2 Å². The summed E-state index contributed by atoms with van der Waals surface area (Å²) in [6.07, 6.45) is 0. The maximum absolute atomic E-state index is 12.6. The van der Waals surface area contributed by atoms with E-state index in [-0.39, 0.29) is 6.03 Å². The van der Waals surface area contributed by atoms with E-state index in [9.17, 15) is 4.79 Å². The summed E-state index contributed by atoms with van der Waals surface area (Å²) >= 11 is 0. The molecular weight excluding hydrogens is 370 g/mol. The van der Waals surface area contributed by atoms with E-state index in [0.29, 0.717) is 36.9 Å². The van der Waals surface area contributed by atoms with Crippen LogP contribution in [0.5, 0.6) is 17.2 Å². The van der Waals surface area contributed by atoms with Crippen LogP contribution in [0.25, 0.3) is 0 Å². The number of ether oxygens (including phenoxy) is 3. The highest BCUT2D eigenvalue weighted by Gasteiger charge is 2.23. The maximum atomic E-state index is 12.6. The number of methoxy groups -OCH3 is 3. The van der Waals surface area contributed by atoms with Crippen LogP contribution in [-0.2, 0) is 6.54 Å². The Hall–Kier alpha value is -3.09. The van der Waals surface area contributed by atoms with Gasteiger partial charge in [0.25, 0.3) is 0 Å². The monoisotopic (exact) mass is 399 g/mol. The van der Waals surface area contributed by atoms with E-state index in [1.54, 1.807) is 21.3 Å². The van der Waals surface area contributed by atoms with Gasteiger partial charge in [0.05, 0.1) is 21.3 Å². The zero-order chi connectivity index (χ0) is 20.8. The molecule has 1 heterocycles. The van der Waals surface area contributed by atoms with Crippen LogP contribution < -0.4 is 24.4 Å². The average molecular weight is 399 g/mol. The van der Waals surface area contributed by atoms with Gasteiger partial charge in [0.15, 0.2) is 11.5 Å². The second-order valence-corrected chi connectivity index (χ2v) is 6.94. The number of benzene rings is 2. The minimum atomic E-state index is -0.0298. The quantitative estimate of drug-likeness (QED) is 0.809. The van der Waals surface area contributed by atoms with Gasteiger partial charge in [0.2, 0.25) is 5.75 Å². The number of hydrogen-bond donors (Lipinski definition) is 1. The Bertz CT molecular complexity index is 823. The average Bonchev–Trinajstić information content (AvgIpc) is 2.77. The van der Waals surface area contributed by atoms with Gasteiger partial charge in [-0.25, -0.2) is 4.79 Å². The third kappa shape index (κ3) is 4.67. The lowest BCUT2D eigenvalue weighted by molar-refractivity contribution is 0.194. The van der Waals surface area contributed by atoms with Gasteiger partial charge in [-0.2, -0.15) is 0 Å². The molecule has 0 aliphatic carbocycles. The van der Waals surface area contributed by atoms with Crippen molar-refractivity contribution in [3.8, 4) is 17.2 Å². The van der Waals surface area contributed by atoms with E-state index >= 15 is 0 Å². The normalized spacial score (nSPS) is 13.8. The first-order valence-corrected chi connectivity index (χ1v) is 9.69. The molecule has 3 rings (SSSR count). The number of piperazine rings is 1. The molecule has 0 radical (unpaired) electrons. The largest absolute Gasteiger partial charge is 0.493 e. The molecule has 0 bridgehead atoms. The molecular formula is C22H29N3O4. The number of amides is 2. The van der Waals surface area contributed by atoms with E-state index in [0.717, 1.165) is 24.3 Å². The number of urea groups is 1. The Morgan fingerprint density at radius 1 is 0.966 bits per heavy atom. The van der Waals surface area contributed by atoms with Crippen molar-refractivity contribution in [2.75, 3.05) is 52.4 Å². The van der Waals surface area contributed by atoms with Crippen LogP contribution in [0.1, 0.15) is 11.1 Å². The first-order chi connectivity index (χ1) is 14.1. The van der Waals surface area contributed by atoms with Gasteiger partial charge >= 0.3 is 6.03 Å². The standard InChI is InChI=1S/C22H29N3O4/c1-16-7-5-6-8-17(16)15-23-22(26)25-11-9-24(10-12-25)18-13-19(27-2)21(29-4)20(14-18)28-3/h5-8,13-14H,9-12,15H2,1-4H3,(H,23,26). The van der Waals surface area contributed by atoms with Crippen molar-refractivity contribution >= 4 is 11.7 Å². The number of nitrogens with zero attached hydrogens (tertiary/aromatic N) is 2. The smallest absolute Gasteiger partial charge is 0.317 e. The maximum Gasteiger partial charge on any atom is 0.317 e. The summed E-state index contributed by atoms with van der Waals surface area (Å²) in [6, 6.07) is 11.9. The predicted octanol–water partition coefficient (Wildman–Crippen LogP) is 3.05. The summed E-state index contributed by atoms with van der Waals surface area (Å²) in [5.74, 6) is 1.83. The molecule has 7 heteroatoms. The van der Waals surface area contributed by atoms with Gasteiger partial charge in [-0.1, -0.05) is 24.3 Å². The zero-order valence-electron chi connectivity index (χ0n) is 17.5. The van der Waals surface area contributed by atoms with Gasteiger partial charge in [-0.3, -0.25) is 0 Å². The zero-order valence-corrected chi connectivity index (χ0v) is 17.5. The van der Waals surface area contributed by atoms with Crippen LogP contribution in [-0.4, -0.2) is 58.4 Å². The molecule has 156 valence electrons. The van der Waals surface area contributed by atoms with Crippen molar-refractivity contribution in [1.82, 2.24) is 10.2 Å². The van der Waals surface area contributed by atoms with E-state index < -0.39 is 0 Å². The molecule has 0 aromatic heterocycles. The summed E-state index contributed by atoms with van der Waals surface area (Å²) in [5.41, 5.74) is 3.30. The molecule has 0 spiro atoms. The number of aryl methyl sites for hydroxylation is 1. The van der Waals surface area contributed by atoms with Crippen LogP contribution in [0.15, 0.2) is 36.4 Å². The van der Waals surface area contributed by atoms with Gasteiger partial charge in [-0.05, 0) is 18.1 Å². The molecule has 7 nitrogen and oxygen atoms in total. The SMILES string of the molecule is COc1cc(N2CCN(C(=O)NCc3ccccc3C)CC2)cc(OC)c1OC. The van der Waals surface area contributed by atoms with Gasteiger partial charge in [0, 0.05) is 50.5 Å². The molecule has 0 atom stereocenters. The van der Waals surface area contributed by atoms with Crippen LogP contribution in [0.3, 0.4) is 0 Å². The first kappa shape index (κ1) is 20.6. The highest BCUT2D eigenvalue weighted by molar-refractivity contribution is 5.74. The molecule has 1 N–H and O–H groups in total. The van der Waals surface area contributed by atoms with Crippen LogP contribution in [0.2, 0.25) is 0 Å². The Morgan fingerprint density at radius 3 is 2.14 bits per heavy atom. The number of carbonyl (C=O) groups is 1. The fourth-order valence-electron chi connectivity index (χ4n) is 3.51. The lowest BCUT2D eigenvalue weighted by Crippen LogP contribution is -2.51. The molecule has 2 aromatic rings. The highest BCUT2D eigenvalue weighted by atomic mass is 16.5. The summed E-state index contributed by atoms with van der Waals surface area (Å²) in [4.78, 5) is 16.6. The first-order valence-electron chi connectivity index (χ1n) is 9.69. The second kappa shape index (κ2) is 9.41. The van der Waals surface area contributed by atoms with Crippen molar-refractivity contribution in [3.63, 3.8) is 0 Å². The fraction of sp³-hybridized carbons (Fsp3) is 0.409. The molecule has 1 aliphatic heterocycles. The van der Waals surface area contributed by atoms with Crippen LogP contribution in [0.4, 0.5) is 10.5 Å². The minimum absolute atomic E-state index is 0.0298. The molecule has 0 saturated carbocycles. The van der Waals surface area contributed by atoms with E-state index in [2.05, 4.69) is 23.2 Å². The Balaban J connectivity index is 1.60. The number of hydrogen-bond acceptors (Lipinski definition) is 5. The van der Waals surface area contributed by atoms with Crippen LogP contribution >= 0.6 is 0 Å². The lowest BCUT2D eigenvalue weighted by Gasteiger charge is -2.36. The molecule has 29 heavy (non-hydrogen) atoms. The summed E-state index contributed by atoms with van der Waals surface area (Å²) in [6.45, 7) is 5.36. The molecule has 1 saturated heterocycles. The van der Waals surface area contributed by atoms with Gasteiger partial charge in [0.1, 0.15) is 0 Å². The Morgan fingerprint density at radius 2 is 1.59 bits per heavy atom. The summed E-state index contributed by atoms with van der Waals surface area (Å²) < 4.78 is 16.3. The van der Waals surface area contributed by atoms with E-state index in [1.165, 1.54) is 5.56 Å². The molecule has 0 unspecified atom stereocenters.